The van der Waals surface area contributed by atoms with Crippen LogP contribution in [-0.4, -0.2) is 22.8 Å². The summed E-state index contributed by atoms with van der Waals surface area (Å²) < 4.78 is 5.79. The summed E-state index contributed by atoms with van der Waals surface area (Å²) in [5.74, 6) is -0.247. The first-order chi connectivity index (χ1) is 9.48. The Morgan fingerprint density at radius 1 is 1.40 bits per heavy atom. The van der Waals surface area contributed by atoms with E-state index in [1.807, 2.05) is 26.0 Å². The lowest BCUT2D eigenvalue weighted by molar-refractivity contribution is -0.160. The van der Waals surface area contributed by atoms with Crippen LogP contribution >= 0.6 is 0 Å². The Morgan fingerprint density at radius 3 is 2.90 bits per heavy atom. The topological polar surface area (TPSA) is 38.7 Å². The molecule has 1 aromatic rings. The quantitative estimate of drug-likeness (QED) is 0.611. The fraction of sp³-hybridized carbons (Fsp3) is 0.412. The molecule has 104 valence electrons. The molecule has 0 spiro atoms. The molecule has 1 aliphatic heterocycles. The molecule has 0 saturated heterocycles. The van der Waals surface area contributed by atoms with Gasteiger partial charge in [0.1, 0.15) is 0 Å². The van der Waals surface area contributed by atoms with Crippen molar-refractivity contribution in [3.05, 3.63) is 48.0 Å². The number of carbonyl (C=O) groups excluding carboxylic acids is 1. The summed E-state index contributed by atoms with van der Waals surface area (Å²) in [6, 6.07) is 8.24. The van der Waals surface area contributed by atoms with E-state index in [1.54, 1.807) is 6.08 Å². The molecule has 1 heterocycles. The minimum Gasteiger partial charge on any atom is -0.451 e. The summed E-state index contributed by atoms with van der Waals surface area (Å²) in [6.07, 6.45) is 3.92. The molecule has 0 amide bonds. The minimum atomic E-state index is -0.846. The maximum atomic E-state index is 12.3. The van der Waals surface area contributed by atoms with Gasteiger partial charge in [-0.3, -0.25) is 4.99 Å². The van der Waals surface area contributed by atoms with E-state index in [1.165, 1.54) is 5.56 Å². The zero-order chi connectivity index (χ0) is 14.4. The first-order valence-electron chi connectivity index (χ1n) is 7.01. The highest BCUT2D eigenvalue weighted by Crippen LogP contribution is 2.38. The number of rotatable bonds is 2. The molecule has 0 fully saturated rings. The third-order valence-electron chi connectivity index (χ3n) is 4.30. The van der Waals surface area contributed by atoms with Crippen molar-refractivity contribution in [2.24, 2.45) is 4.99 Å². The highest BCUT2D eigenvalue weighted by molar-refractivity contribution is 6.12. The number of nitrogens with zero attached hydrogens (tertiary/aromatic N) is 1. The number of hydrogen-bond donors (Lipinski definition) is 0. The van der Waals surface area contributed by atoms with Gasteiger partial charge in [-0.05, 0) is 32.3 Å². The van der Waals surface area contributed by atoms with E-state index in [-0.39, 0.29) is 5.97 Å². The van der Waals surface area contributed by atoms with Gasteiger partial charge < -0.3 is 4.74 Å². The number of esters is 1. The molecule has 0 radical (unpaired) electrons. The van der Waals surface area contributed by atoms with Crippen LogP contribution < -0.4 is 0 Å². The van der Waals surface area contributed by atoms with E-state index in [0.29, 0.717) is 6.42 Å². The Labute approximate surface area is 119 Å². The van der Waals surface area contributed by atoms with E-state index < -0.39 is 11.1 Å². The highest BCUT2D eigenvalue weighted by Gasteiger charge is 2.49. The van der Waals surface area contributed by atoms with Gasteiger partial charge in [0.25, 0.3) is 0 Å². The number of ether oxygens (including phenoxy) is 1. The van der Waals surface area contributed by atoms with E-state index >= 15 is 0 Å². The second-order valence-corrected chi connectivity index (χ2v) is 6.00. The standard InChI is InChI=1S/C17H19NO2/c1-4-10-16(2)15(19)20-17(3)11-9-12-7-5-6-8-13(12)14(17)18-16/h4-8H,1,9-11H2,2-3H3/t16-,17+/m0/s1. The predicted molar refractivity (Wildman–Crippen MR) is 79.0 cm³/mol. The van der Waals surface area contributed by atoms with Crippen molar-refractivity contribution in [3.63, 3.8) is 0 Å². The zero-order valence-corrected chi connectivity index (χ0v) is 12.0. The van der Waals surface area contributed by atoms with Crippen molar-refractivity contribution in [1.29, 1.82) is 0 Å². The van der Waals surface area contributed by atoms with Gasteiger partial charge in [0.05, 0.1) is 5.71 Å². The summed E-state index contributed by atoms with van der Waals surface area (Å²) in [5, 5.41) is 0. The van der Waals surface area contributed by atoms with Crippen LogP contribution in [0.4, 0.5) is 0 Å². The van der Waals surface area contributed by atoms with Crippen molar-refractivity contribution in [2.45, 2.75) is 44.2 Å². The van der Waals surface area contributed by atoms with Crippen LogP contribution in [0.15, 0.2) is 41.9 Å². The van der Waals surface area contributed by atoms with E-state index in [0.717, 1.165) is 24.1 Å². The Hall–Kier alpha value is -1.90. The fourth-order valence-electron chi connectivity index (χ4n) is 3.04. The molecule has 2 atom stereocenters. The van der Waals surface area contributed by atoms with E-state index in [9.17, 15) is 4.79 Å². The molecule has 3 heteroatoms. The Bertz CT molecular complexity index is 619. The van der Waals surface area contributed by atoms with Gasteiger partial charge in [-0.15, -0.1) is 6.58 Å². The molecule has 0 N–H and O–H groups in total. The van der Waals surface area contributed by atoms with Crippen LogP contribution in [0, 0.1) is 0 Å². The van der Waals surface area contributed by atoms with Gasteiger partial charge in [-0.25, -0.2) is 4.79 Å². The van der Waals surface area contributed by atoms with Crippen molar-refractivity contribution >= 4 is 11.7 Å². The number of aliphatic imine (C=N–C) groups is 1. The first-order valence-corrected chi connectivity index (χ1v) is 7.01. The average Bonchev–Trinajstić information content (AvgIpc) is 2.42. The van der Waals surface area contributed by atoms with Gasteiger partial charge in [0.15, 0.2) is 11.1 Å². The Kier molecular flexibility index (Phi) is 2.82. The SMILES string of the molecule is C=CC[C@]1(C)N=C2c3ccccc3CC[C@@]2(C)OC1=O. The van der Waals surface area contributed by atoms with Gasteiger partial charge in [0.2, 0.25) is 0 Å². The lowest BCUT2D eigenvalue weighted by Crippen LogP contribution is -2.54. The second kappa shape index (κ2) is 4.30. The number of fused-ring (bicyclic) bond motifs is 3. The maximum Gasteiger partial charge on any atom is 0.334 e. The maximum absolute atomic E-state index is 12.3. The summed E-state index contributed by atoms with van der Waals surface area (Å²) in [5.41, 5.74) is 1.86. The number of benzene rings is 1. The van der Waals surface area contributed by atoms with Crippen molar-refractivity contribution in [1.82, 2.24) is 0 Å². The first kappa shape index (κ1) is 13.1. The highest BCUT2D eigenvalue weighted by atomic mass is 16.6. The van der Waals surface area contributed by atoms with Crippen LogP contribution in [0.1, 0.15) is 37.8 Å². The molecule has 0 bridgehead atoms. The average molecular weight is 269 g/mol. The molecule has 1 aromatic carbocycles. The summed E-state index contributed by atoms with van der Waals surface area (Å²) >= 11 is 0. The zero-order valence-electron chi connectivity index (χ0n) is 12.0. The van der Waals surface area contributed by atoms with Crippen LogP contribution in [0.3, 0.4) is 0 Å². The van der Waals surface area contributed by atoms with Gasteiger partial charge in [-0.1, -0.05) is 30.3 Å². The number of carbonyl (C=O) groups is 1. The third kappa shape index (κ3) is 1.80. The number of aryl methyl sites for hydroxylation is 1. The van der Waals surface area contributed by atoms with Gasteiger partial charge >= 0.3 is 5.97 Å². The molecule has 0 aromatic heterocycles. The molecule has 3 nitrogen and oxygen atoms in total. The smallest absolute Gasteiger partial charge is 0.334 e. The molecular formula is C17H19NO2. The number of hydrogen-bond acceptors (Lipinski definition) is 3. The monoisotopic (exact) mass is 269 g/mol. The summed E-state index contributed by atoms with van der Waals surface area (Å²) in [4.78, 5) is 17.1. The third-order valence-corrected chi connectivity index (χ3v) is 4.30. The minimum absolute atomic E-state index is 0.247. The molecule has 20 heavy (non-hydrogen) atoms. The summed E-state index contributed by atoms with van der Waals surface area (Å²) in [6.45, 7) is 7.51. The van der Waals surface area contributed by atoms with Crippen LogP contribution in [0.2, 0.25) is 0 Å². The van der Waals surface area contributed by atoms with Gasteiger partial charge in [-0.2, -0.15) is 0 Å². The summed E-state index contributed by atoms with van der Waals surface area (Å²) in [7, 11) is 0. The van der Waals surface area contributed by atoms with Crippen molar-refractivity contribution in [3.8, 4) is 0 Å². The van der Waals surface area contributed by atoms with Gasteiger partial charge in [0, 0.05) is 12.0 Å². The largest absolute Gasteiger partial charge is 0.451 e. The fourth-order valence-corrected chi connectivity index (χ4v) is 3.04. The lowest BCUT2D eigenvalue weighted by Gasteiger charge is -2.43. The molecule has 0 saturated carbocycles. The van der Waals surface area contributed by atoms with E-state index in [2.05, 4.69) is 18.7 Å². The van der Waals surface area contributed by atoms with Crippen LogP contribution in [-0.2, 0) is 16.0 Å². The van der Waals surface area contributed by atoms with Crippen LogP contribution in [0.25, 0.3) is 0 Å². The van der Waals surface area contributed by atoms with Crippen LogP contribution in [0.5, 0.6) is 0 Å². The Balaban J connectivity index is 2.18. The molecule has 2 aliphatic rings. The van der Waals surface area contributed by atoms with Crippen molar-refractivity contribution in [2.75, 3.05) is 0 Å². The van der Waals surface area contributed by atoms with E-state index in [4.69, 9.17) is 9.73 Å². The molecule has 1 aliphatic carbocycles. The predicted octanol–water partition coefficient (Wildman–Crippen LogP) is 3.07. The van der Waals surface area contributed by atoms with Crippen molar-refractivity contribution < 1.29 is 9.53 Å². The lowest BCUT2D eigenvalue weighted by atomic mass is 9.77. The normalized spacial score (nSPS) is 31.7. The Morgan fingerprint density at radius 2 is 2.15 bits per heavy atom. The molecule has 3 rings (SSSR count). The second-order valence-electron chi connectivity index (χ2n) is 6.00. The molecule has 0 unspecified atom stereocenters. The molecular weight excluding hydrogens is 250 g/mol.